The first-order chi connectivity index (χ1) is 9.35. The highest BCUT2D eigenvalue weighted by Gasteiger charge is 2.39. The molecule has 0 spiro atoms. The summed E-state index contributed by atoms with van der Waals surface area (Å²) in [6.45, 7) is 1.09. The maximum Gasteiger partial charge on any atom is 0.124 e. The van der Waals surface area contributed by atoms with Gasteiger partial charge in [0.2, 0.25) is 0 Å². The van der Waals surface area contributed by atoms with Gasteiger partial charge in [0.05, 0.1) is 17.6 Å². The molecule has 2 aliphatic carbocycles. The van der Waals surface area contributed by atoms with E-state index in [0.717, 1.165) is 35.6 Å². The average Bonchev–Trinajstić information content (AvgIpc) is 3.13. The molecule has 2 aromatic rings. The van der Waals surface area contributed by atoms with Crippen molar-refractivity contribution >= 4 is 22.6 Å². The third-order valence-electron chi connectivity index (χ3n) is 5.05. The molecule has 0 aromatic carbocycles. The highest BCUT2D eigenvalue weighted by atomic mass is 35.5. The van der Waals surface area contributed by atoms with E-state index in [1.54, 1.807) is 0 Å². The molecule has 0 radical (unpaired) electrons. The van der Waals surface area contributed by atoms with Crippen LogP contribution in [-0.4, -0.2) is 14.5 Å². The predicted octanol–water partition coefficient (Wildman–Crippen LogP) is 3.61. The van der Waals surface area contributed by atoms with Gasteiger partial charge in [0.15, 0.2) is 0 Å². The molecule has 0 aliphatic heterocycles. The van der Waals surface area contributed by atoms with Crippen molar-refractivity contribution in [2.75, 3.05) is 0 Å². The van der Waals surface area contributed by atoms with Crippen molar-refractivity contribution in [1.82, 2.24) is 14.5 Å². The van der Waals surface area contributed by atoms with Crippen molar-refractivity contribution in [2.24, 2.45) is 17.8 Å². The van der Waals surface area contributed by atoms with E-state index in [4.69, 9.17) is 11.6 Å². The summed E-state index contributed by atoms with van der Waals surface area (Å²) in [6, 6.07) is 2.06. The van der Waals surface area contributed by atoms with Gasteiger partial charge in [0.25, 0.3) is 0 Å². The Hall–Kier alpha value is -1.09. The zero-order valence-electron chi connectivity index (χ0n) is 10.9. The Balaban J connectivity index is 1.70. The van der Waals surface area contributed by atoms with Gasteiger partial charge in [-0.1, -0.05) is 6.42 Å². The summed E-state index contributed by atoms with van der Waals surface area (Å²) in [5.74, 6) is 4.23. The Morgan fingerprint density at radius 3 is 3.00 bits per heavy atom. The van der Waals surface area contributed by atoms with Crippen molar-refractivity contribution < 1.29 is 0 Å². The molecule has 19 heavy (non-hydrogen) atoms. The summed E-state index contributed by atoms with van der Waals surface area (Å²) in [6.07, 6.45) is 9.42. The fourth-order valence-corrected chi connectivity index (χ4v) is 4.38. The molecular weight excluding hydrogens is 258 g/mol. The van der Waals surface area contributed by atoms with Crippen molar-refractivity contribution in [3.05, 3.63) is 24.3 Å². The molecule has 0 saturated heterocycles. The van der Waals surface area contributed by atoms with Crippen LogP contribution in [0.15, 0.2) is 18.5 Å². The lowest BCUT2D eigenvalue weighted by molar-refractivity contribution is 0.296. The summed E-state index contributed by atoms with van der Waals surface area (Å²) in [7, 11) is 0. The Kier molecular flexibility index (Phi) is 2.76. The Morgan fingerprint density at radius 2 is 2.26 bits per heavy atom. The first-order valence-electron chi connectivity index (χ1n) is 7.20. The first kappa shape index (κ1) is 11.7. The van der Waals surface area contributed by atoms with Crippen molar-refractivity contribution in [3.63, 3.8) is 0 Å². The van der Waals surface area contributed by atoms with E-state index in [9.17, 15) is 0 Å². The Bertz CT molecular complexity index is 606. The maximum atomic E-state index is 6.06. The Morgan fingerprint density at radius 1 is 1.32 bits per heavy atom. The molecule has 2 saturated carbocycles. The van der Waals surface area contributed by atoms with E-state index in [0.29, 0.717) is 5.88 Å². The molecule has 4 heteroatoms. The van der Waals surface area contributed by atoms with Crippen LogP contribution in [0.1, 0.15) is 31.5 Å². The van der Waals surface area contributed by atoms with Crippen molar-refractivity contribution in [1.29, 1.82) is 0 Å². The number of hydrogen-bond donors (Lipinski definition) is 0. The van der Waals surface area contributed by atoms with Crippen LogP contribution in [0.2, 0.25) is 0 Å². The molecule has 0 amide bonds. The van der Waals surface area contributed by atoms with Gasteiger partial charge in [-0.15, -0.1) is 11.6 Å². The van der Waals surface area contributed by atoms with Crippen LogP contribution in [0.3, 0.4) is 0 Å². The highest BCUT2D eigenvalue weighted by molar-refractivity contribution is 6.16. The van der Waals surface area contributed by atoms with E-state index in [2.05, 4.69) is 20.6 Å². The lowest BCUT2D eigenvalue weighted by Gasteiger charge is -2.23. The first-order valence-corrected chi connectivity index (χ1v) is 7.73. The number of hydrogen-bond acceptors (Lipinski definition) is 2. The number of halogens is 1. The lowest BCUT2D eigenvalue weighted by Crippen LogP contribution is -2.18. The van der Waals surface area contributed by atoms with Crippen LogP contribution in [0.4, 0.5) is 0 Å². The molecule has 2 heterocycles. The van der Waals surface area contributed by atoms with Gasteiger partial charge in [0.1, 0.15) is 11.3 Å². The SMILES string of the molecule is ClCc1nc2cnccc2n1CC1CC2CCC1C2. The van der Waals surface area contributed by atoms with Crippen LogP contribution in [0.25, 0.3) is 11.0 Å². The second-order valence-electron chi connectivity index (χ2n) is 6.07. The summed E-state index contributed by atoms with van der Waals surface area (Å²) in [4.78, 5) is 8.76. The van der Waals surface area contributed by atoms with E-state index >= 15 is 0 Å². The number of pyridine rings is 1. The molecular formula is C15H18ClN3. The molecule has 2 aliphatic rings. The quantitative estimate of drug-likeness (QED) is 0.801. The number of aromatic nitrogens is 3. The van der Waals surface area contributed by atoms with Crippen LogP contribution in [-0.2, 0) is 12.4 Å². The second kappa shape index (κ2) is 4.48. The number of fused-ring (bicyclic) bond motifs is 3. The normalized spacial score (nSPS) is 29.4. The van der Waals surface area contributed by atoms with Gasteiger partial charge in [0, 0.05) is 12.7 Å². The highest BCUT2D eigenvalue weighted by Crippen LogP contribution is 2.49. The van der Waals surface area contributed by atoms with Gasteiger partial charge in [-0.3, -0.25) is 4.98 Å². The van der Waals surface area contributed by atoms with Gasteiger partial charge >= 0.3 is 0 Å². The molecule has 2 fully saturated rings. The molecule has 2 bridgehead atoms. The summed E-state index contributed by atoms with van der Waals surface area (Å²) >= 11 is 6.06. The van der Waals surface area contributed by atoms with Crippen LogP contribution >= 0.6 is 11.6 Å². The molecule has 3 atom stereocenters. The fraction of sp³-hybridized carbons (Fsp3) is 0.600. The van der Waals surface area contributed by atoms with E-state index < -0.39 is 0 Å². The van der Waals surface area contributed by atoms with E-state index in [-0.39, 0.29) is 0 Å². The average molecular weight is 276 g/mol. The smallest absolute Gasteiger partial charge is 0.124 e. The minimum atomic E-state index is 0.482. The minimum Gasteiger partial charge on any atom is -0.327 e. The predicted molar refractivity (Wildman–Crippen MR) is 76.0 cm³/mol. The van der Waals surface area contributed by atoms with Crippen LogP contribution in [0.5, 0.6) is 0 Å². The minimum absolute atomic E-state index is 0.482. The molecule has 0 N–H and O–H groups in total. The van der Waals surface area contributed by atoms with E-state index in [1.807, 2.05) is 12.4 Å². The molecule has 3 nitrogen and oxygen atoms in total. The zero-order chi connectivity index (χ0) is 12.8. The van der Waals surface area contributed by atoms with Crippen molar-refractivity contribution in [2.45, 2.75) is 38.1 Å². The third-order valence-corrected chi connectivity index (χ3v) is 5.29. The number of imidazole rings is 1. The second-order valence-corrected chi connectivity index (χ2v) is 6.34. The molecule has 100 valence electrons. The number of rotatable bonds is 3. The van der Waals surface area contributed by atoms with Gasteiger partial charge in [-0.2, -0.15) is 0 Å². The Labute approximate surface area is 118 Å². The molecule has 4 rings (SSSR count). The topological polar surface area (TPSA) is 30.7 Å². The fourth-order valence-electron chi connectivity index (χ4n) is 4.17. The van der Waals surface area contributed by atoms with E-state index in [1.165, 1.54) is 31.2 Å². The lowest BCUT2D eigenvalue weighted by atomic mass is 9.89. The number of nitrogens with zero attached hydrogens (tertiary/aromatic N) is 3. The van der Waals surface area contributed by atoms with Crippen LogP contribution < -0.4 is 0 Å². The zero-order valence-corrected chi connectivity index (χ0v) is 11.7. The summed E-state index contributed by atoms with van der Waals surface area (Å²) in [5, 5.41) is 0. The summed E-state index contributed by atoms with van der Waals surface area (Å²) in [5.41, 5.74) is 2.16. The van der Waals surface area contributed by atoms with Crippen molar-refractivity contribution in [3.8, 4) is 0 Å². The number of alkyl halides is 1. The van der Waals surface area contributed by atoms with Gasteiger partial charge < -0.3 is 4.57 Å². The van der Waals surface area contributed by atoms with Gasteiger partial charge in [-0.25, -0.2) is 4.98 Å². The monoisotopic (exact) mass is 275 g/mol. The molecule has 3 unspecified atom stereocenters. The van der Waals surface area contributed by atoms with Gasteiger partial charge in [-0.05, 0) is 43.1 Å². The molecule has 2 aromatic heterocycles. The largest absolute Gasteiger partial charge is 0.327 e. The standard InChI is InChI=1S/C15H18ClN3/c16-7-15-18-13-8-17-4-3-14(13)19(15)9-12-6-10-1-2-11(12)5-10/h3-4,8,10-12H,1-2,5-7,9H2. The third kappa shape index (κ3) is 1.86. The summed E-state index contributed by atoms with van der Waals surface area (Å²) < 4.78 is 2.33. The van der Waals surface area contributed by atoms with Crippen LogP contribution in [0, 0.1) is 17.8 Å². The maximum absolute atomic E-state index is 6.06.